The summed E-state index contributed by atoms with van der Waals surface area (Å²) in [6.07, 6.45) is 2.64. The molecule has 5 heteroatoms. The maximum Gasteiger partial charge on any atom is 0.230 e. The lowest BCUT2D eigenvalue weighted by Crippen LogP contribution is -2.37. The summed E-state index contributed by atoms with van der Waals surface area (Å²) in [7, 11) is 3.31. The molecular weight excluding hydrogens is 350 g/mol. The molecule has 136 valence electrons. The number of hydrogen-bond donors (Lipinski definition) is 0. The summed E-state index contributed by atoms with van der Waals surface area (Å²) in [4.78, 5) is 15.2. The summed E-state index contributed by atoms with van der Waals surface area (Å²) < 4.78 is 11.0. The van der Waals surface area contributed by atoms with Crippen molar-refractivity contribution in [3.8, 4) is 11.5 Å². The number of fused-ring (bicyclic) bond motifs is 1. The summed E-state index contributed by atoms with van der Waals surface area (Å²) in [5.41, 5.74) is 2.98. The third kappa shape index (κ3) is 2.82. The van der Waals surface area contributed by atoms with Gasteiger partial charge in [0.05, 0.1) is 19.9 Å². The number of benzene rings is 2. The molecule has 2 aromatic rings. The molecule has 0 aromatic heterocycles. The lowest BCUT2D eigenvalue weighted by molar-refractivity contribution is -0.120. The predicted octanol–water partition coefficient (Wildman–Crippen LogP) is 4.44. The Morgan fingerprint density at radius 2 is 1.88 bits per heavy atom. The summed E-state index contributed by atoms with van der Waals surface area (Å²) in [6.45, 7) is 0.706. The van der Waals surface area contributed by atoms with E-state index in [0.29, 0.717) is 17.3 Å². The van der Waals surface area contributed by atoms with Crippen LogP contribution in [0.15, 0.2) is 36.4 Å². The Balaban J connectivity index is 1.63. The topological polar surface area (TPSA) is 38.8 Å². The Labute approximate surface area is 158 Å². The molecule has 1 saturated carbocycles. The number of rotatable bonds is 4. The molecular formula is C21H22ClNO3. The van der Waals surface area contributed by atoms with Gasteiger partial charge < -0.3 is 14.4 Å². The maximum atomic E-state index is 13.3. The van der Waals surface area contributed by atoms with Crippen molar-refractivity contribution >= 4 is 23.2 Å². The van der Waals surface area contributed by atoms with Crippen LogP contribution in [0, 0.1) is 5.92 Å². The van der Waals surface area contributed by atoms with Crippen LogP contribution in [-0.2, 0) is 11.2 Å². The van der Waals surface area contributed by atoms with Gasteiger partial charge in [0.25, 0.3) is 0 Å². The second-order valence-corrected chi connectivity index (χ2v) is 7.27. The van der Waals surface area contributed by atoms with Gasteiger partial charge in [0.1, 0.15) is 11.5 Å². The molecule has 4 rings (SSSR count). The van der Waals surface area contributed by atoms with Crippen molar-refractivity contribution in [3.05, 3.63) is 52.5 Å². The van der Waals surface area contributed by atoms with E-state index in [1.165, 1.54) is 0 Å². The largest absolute Gasteiger partial charge is 0.496 e. The van der Waals surface area contributed by atoms with E-state index in [0.717, 1.165) is 41.8 Å². The maximum absolute atomic E-state index is 13.3. The molecule has 1 aliphatic carbocycles. The third-order valence-electron chi connectivity index (χ3n) is 5.40. The predicted molar refractivity (Wildman–Crippen MR) is 103 cm³/mol. The molecule has 0 radical (unpaired) electrons. The fourth-order valence-electron chi connectivity index (χ4n) is 4.02. The summed E-state index contributed by atoms with van der Waals surface area (Å²) in [6, 6.07) is 11.7. The quantitative estimate of drug-likeness (QED) is 0.797. The number of methoxy groups -OCH3 is 2. The molecule has 2 unspecified atom stereocenters. The number of amides is 1. The number of ether oxygens (including phenoxy) is 2. The van der Waals surface area contributed by atoms with Gasteiger partial charge >= 0.3 is 0 Å². The van der Waals surface area contributed by atoms with Crippen LogP contribution in [0.5, 0.6) is 11.5 Å². The highest BCUT2D eigenvalue weighted by molar-refractivity contribution is 6.32. The first kappa shape index (κ1) is 17.2. The van der Waals surface area contributed by atoms with Crippen molar-refractivity contribution in [2.24, 2.45) is 5.92 Å². The highest BCUT2D eigenvalue weighted by atomic mass is 35.5. The number of para-hydroxylation sites is 1. The Morgan fingerprint density at radius 1 is 1.12 bits per heavy atom. The van der Waals surface area contributed by atoms with Gasteiger partial charge in [-0.2, -0.15) is 0 Å². The lowest BCUT2D eigenvalue weighted by atomic mass is 9.99. The van der Waals surface area contributed by atoms with E-state index in [-0.39, 0.29) is 17.7 Å². The van der Waals surface area contributed by atoms with Crippen molar-refractivity contribution in [3.63, 3.8) is 0 Å². The molecule has 0 N–H and O–H groups in total. The van der Waals surface area contributed by atoms with Crippen molar-refractivity contribution in [1.82, 2.24) is 0 Å². The molecule has 0 spiro atoms. The molecule has 26 heavy (non-hydrogen) atoms. The van der Waals surface area contributed by atoms with Crippen molar-refractivity contribution < 1.29 is 14.3 Å². The number of hydrogen-bond acceptors (Lipinski definition) is 3. The van der Waals surface area contributed by atoms with Gasteiger partial charge in [0.2, 0.25) is 5.91 Å². The van der Waals surface area contributed by atoms with Crippen molar-refractivity contribution in [2.45, 2.75) is 25.2 Å². The SMILES string of the molecule is COc1ccccc1C1CC1C(=O)N1CCCc2c(Cl)ccc(OC)c21. The van der Waals surface area contributed by atoms with E-state index in [4.69, 9.17) is 21.1 Å². The average molecular weight is 372 g/mol. The van der Waals surface area contributed by atoms with Crippen molar-refractivity contribution in [2.75, 3.05) is 25.7 Å². The van der Waals surface area contributed by atoms with Gasteiger partial charge in [0.15, 0.2) is 0 Å². The molecule has 2 aliphatic rings. The second-order valence-electron chi connectivity index (χ2n) is 6.86. The molecule has 2 atom stereocenters. The second kappa shape index (κ2) is 6.84. The minimum absolute atomic E-state index is 0.0130. The monoisotopic (exact) mass is 371 g/mol. The van der Waals surface area contributed by atoms with Crippen LogP contribution in [-0.4, -0.2) is 26.7 Å². The molecule has 4 nitrogen and oxygen atoms in total. The normalized spacial score (nSPS) is 21.1. The van der Waals surface area contributed by atoms with E-state index in [1.807, 2.05) is 35.2 Å². The van der Waals surface area contributed by atoms with Crippen LogP contribution < -0.4 is 14.4 Å². The number of carbonyl (C=O) groups excluding carboxylic acids is 1. The molecule has 2 aromatic carbocycles. The number of nitrogens with zero attached hydrogens (tertiary/aromatic N) is 1. The van der Waals surface area contributed by atoms with Gasteiger partial charge in [0, 0.05) is 17.5 Å². The van der Waals surface area contributed by atoms with Gasteiger partial charge in [-0.3, -0.25) is 4.79 Å². The minimum atomic E-state index is -0.0130. The van der Waals surface area contributed by atoms with Crippen LogP contribution in [0.25, 0.3) is 0 Å². The Kier molecular flexibility index (Phi) is 4.53. The Morgan fingerprint density at radius 3 is 2.65 bits per heavy atom. The van der Waals surface area contributed by atoms with E-state index in [1.54, 1.807) is 14.2 Å². The van der Waals surface area contributed by atoms with Crippen LogP contribution in [0.1, 0.15) is 29.9 Å². The zero-order valence-electron chi connectivity index (χ0n) is 15.0. The molecule has 0 saturated heterocycles. The number of halogens is 1. The van der Waals surface area contributed by atoms with Crippen LogP contribution >= 0.6 is 11.6 Å². The molecule has 1 heterocycles. The fraction of sp³-hybridized carbons (Fsp3) is 0.381. The smallest absolute Gasteiger partial charge is 0.230 e. The molecule has 1 fully saturated rings. The van der Waals surface area contributed by atoms with E-state index in [9.17, 15) is 4.79 Å². The van der Waals surface area contributed by atoms with Gasteiger partial charge in [-0.05, 0) is 54.5 Å². The van der Waals surface area contributed by atoms with Crippen LogP contribution in [0.4, 0.5) is 5.69 Å². The lowest BCUT2D eigenvalue weighted by Gasteiger charge is -2.31. The summed E-state index contributed by atoms with van der Waals surface area (Å²) in [5.74, 6) is 1.93. The van der Waals surface area contributed by atoms with Gasteiger partial charge in [-0.15, -0.1) is 0 Å². The average Bonchev–Trinajstić information content (AvgIpc) is 3.48. The first-order valence-electron chi connectivity index (χ1n) is 8.95. The van der Waals surface area contributed by atoms with E-state index < -0.39 is 0 Å². The first-order chi connectivity index (χ1) is 12.7. The van der Waals surface area contributed by atoms with Gasteiger partial charge in [-0.1, -0.05) is 29.8 Å². The highest BCUT2D eigenvalue weighted by Crippen LogP contribution is 2.52. The molecule has 1 aliphatic heterocycles. The highest BCUT2D eigenvalue weighted by Gasteiger charge is 2.48. The van der Waals surface area contributed by atoms with Gasteiger partial charge in [-0.25, -0.2) is 0 Å². The summed E-state index contributed by atoms with van der Waals surface area (Å²) in [5, 5.41) is 0.704. The summed E-state index contributed by atoms with van der Waals surface area (Å²) >= 11 is 6.39. The Hall–Kier alpha value is -2.20. The standard InChI is InChI=1S/C21H22ClNO3/c1-25-18-8-4-3-6-13(18)15-12-16(15)21(24)23-11-5-7-14-17(22)9-10-19(26-2)20(14)23/h3-4,6,8-10,15-16H,5,7,11-12H2,1-2H3. The van der Waals surface area contributed by atoms with E-state index >= 15 is 0 Å². The Bertz CT molecular complexity index is 851. The first-order valence-corrected chi connectivity index (χ1v) is 9.33. The zero-order chi connectivity index (χ0) is 18.3. The number of carbonyl (C=O) groups is 1. The van der Waals surface area contributed by atoms with Crippen molar-refractivity contribution in [1.29, 1.82) is 0 Å². The third-order valence-corrected chi connectivity index (χ3v) is 5.75. The zero-order valence-corrected chi connectivity index (χ0v) is 15.8. The minimum Gasteiger partial charge on any atom is -0.496 e. The molecule has 1 amide bonds. The number of anilines is 1. The molecule has 0 bridgehead atoms. The fourth-order valence-corrected chi connectivity index (χ4v) is 4.27. The van der Waals surface area contributed by atoms with Crippen LogP contribution in [0.3, 0.4) is 0 Å². The van der Waals surface area contributed by atoms with E-state index in [2.05, 4.69) is 6.07 Å². The van der Waals surface area contributed by atoms with Crippen LogP contribution in [0.2, 0.25) is 5.02 Å².